The number of aromatic nitrogens is 3. The first-order valence-electron chi connectivity index (χ1n) is 7.00. The van der Waals surface area contributed by atoms with E-state index in [2.05, 4.69) is 15.2 Å². The fourth-order valence-corrected chi connectivity index (χ4v) is 3.49. The quantitative estimate of drug-likeness (QED) is 0.854. The molecule has 0 spiro atoms. The number of nitrogens with two attached hydrogens (primary N) is 1. The molecule has 1 aliphatic heterocycles. The Labute approximate surface area is 120 Å². The van der Waals surface area contributed by atoms with E-state index >= 15 is 0 Å². The Morgan fingerprint density at radius 2 is 2.20 bits per heavy atom. The van der Waals surface area contributed by atoms with Crippen LogP contribution in [0, 0.1) is 0 Å². The normalized spacial score (nSPS) is 21.5. The van der Waals surface area contributed by atoms with E-state index in [-0.39, 0.29) is 17.8 Å². The van der Waals surface area contributed by atoms with Crippen LogP contribution in [0.25, 0.3) is 0 Å². The summed E-state index contributed by atoms with van der Waals surface area (Å²) < 4.78 is 24.4. The first kappa shape index (κ1) is 15.4. The van der Waals surface area contributed by atoms with Crippen LogP contribution in [-0.4, -0.2) is 46.7 Å². The Morgan fingerprint density at radius 1 is 1.45 bits per heavy atom. The lowest BCUT2D eigenvalue weighted by Crippen LogP contribution is -2.44. The van der Waals surface area contributed by atoms with E-state index < -0.39 is 10.0 Å². The summed E-state index contributed by atoms with van der Waals surface area (Å²) in [4.78, 5) is 2.16. The van der Waals surface area contributed by atoms with Gasteiger partial charge in [-0.05, 0) is 33.2 Å². The van der Waals surface area contributed by atoms with Gasteiger partial charge >= 0.3 is 0 Å². The molecule has 1 unspecified atom stereocenters. The van der Waals surface area contributed by atoms with Crippen LogP contribution in [0.4, 0.5) is 0 Å². The summed E-state index contributed by atoms with van der Waals surface area (Å²) in [5.41, 5.74) is 0.875. The zero-order valence-electron chi connectivity index (χ0n) is 12.1. The molecular formula is C12H23N5O2S. The van der Waals surface area contributed by atoms with Crippen molar-refractivity contribution in [2.75, 3.05) is 12.3 Å². The van der Waals surface area contributed by atoms with E-state index in [1.807, 2.05) is 24.7 Å². The summed E-state index contributed by atoms with van der Waals surface area (Å²) >= 11 is 0. The molecule has 114 valence electrons. The predicted molar refractivity (Wildman–Crippen MR) is 76.4 cm³/mol. The van der Waals surface area contributed by atoms with Crippen molar-refractivity contribution in [2.45, 2.75) is 51.7 Å². The van der Waals surface area contributed by atoms with Gasteiger partial charge in [-0.15, -0.1) is 5.10 Å². The maximum absolute atomic E-state index is 11.3. The highest BCUT2D eigenvalue weighted by Gasteiger charge is 2.26. The Hall–Kier alpha value is -0.990. The Bertz CT molecular complexity index is 540. The molecule has 1 aliphatic rings. The molecule has 2 heterocycles. The van der Waals surface area contributed by atoms with Gasteiger partial charge in [-0.2, -0.15) is 0 Å². The van der Waals surface area contributed by atoms with Gasteiger partial charge in [0.2, 0.25) is 10.0 Å². The first-order valence-corrected chi connectivity index (χ1v) is 8.72. The molecule has 1 saturated heterocycles. The van der Waals surface area contributed by atoms with Crippen LogP contribution in [0.3, 0.4) is 0 Å². The van der Waals surface area contributed by atoms with Gasteiger partial charge in [0.1, 0.15) is 0 Å². The van der Waals surface area contributed by atoms with Gasteiger partial charge in [-0.25, -0.2) is 18.2 Å². The van der Waals surface area contributed by atoms with Gasteiger partial charge in [0.25, 0.3) is 0 Å². The standard InChI is InChI=1S/C12H23N5O2S/c1-10(2)17-8-11(14-15-17)7-16-6-4-3-5-12(16)9-20(13,18)19/h8,10,12H,3-7,9H2,1-2H3,(H2,13,18,19). The number of hydrogen-bond donors (Lipinski definition) is 1. The van der Waals surface area contributed by atoms with Crippen LogP contribution in [0.2, 0.25) is 0 Å². The molecule has 0 radical (unpaired) electrons. The second kappa shape index (κ2) is 6.19. The van der Waals surface area contributed by atoms with Gasteiger partial charge in [0, 0.05) is 18.6 Å². The number of hydrogen-bond acceptors (Lipinski definition) is 5. The molecule has 7 nitrogen and oxygen atoms in total. The third-order valence-corrected chi connectivity index (χ3v) is 4.48. The van der Waals surface area contributed by atoms with Crippen LogP contribution < -0.4 is 5.14 Å². The van der Waals surface area contributed by atoms with E-state index in [4.69, 9.17) is 5.14 Å². The summed E-state index contributed by atoms with van der Waals surface area (Å²) in [7, 11) is -3.44. The van der Waals surface area contributed by atoms with Crippen molar-refractivity contribution in [3.05, 3.63) is 11.9 Å². The van der Waals surface area contributed by atoms with Gasteiger partial charge in [0.15, 0.2) is 0 Å². The van der Waals surface area contributed by atoms with E-state index in [1.165, 1.54) is 0 Å². The monoisotopic (exact) mass is 301 g/mol. The summed E-state index contributed by atoms with van der Waals surface area (Å²) in [5.74, 6) is 0.0192. The molecule has 0 aliphatic carbocycles. The van der Waals surface area contributed by atoms with Crippen molar-refractivity contribution in [1.29, 1.82) is 0 Å². The molecule has 0 amide bonds. The number of primary sulfonamides is 1. The summed E-state index contributed by atoms with van der Waals surface area (Å²) in [6, 6.07) is 0.265. The van der Waals surface area contributed by atoms with Crippen molar-refractivity contribution >= 4 is 10.0 Å². The largest absolute Gasteiger partial charge is 0.293 e. The fourth-order valence-electron chi connectivity index (χ4n) is 2.57. The minimum atomic E-state index is -3.44. The van der Waals surface area contributed by atoms with Crippen LogP contribution in [0.1, 0.15) is 44.8 Å². The molecule has 0 aromatic carbocycles. The molecule has 1 fully saturated rings. The number of piperidine rings is 1. The summed E-state index contributed by atoms with van der Waals surface area (Å²) in [6.45, 7) is 5.61. The number of sulfonamides is 1. The highest BCUT2D eigenvalue weighted by Crippen LogP contribution is 2.20. The SMILES string of the molecule is CC(C)n1cc(CN2CCCCC2CS(N)(=O)=O)nn1. The van der Waals surface area contributed by atoms with Crippen molar-refractivity contribution in [2.24, 2.45) is 5.14 Å². The Kier molecular flexibility index (Phi) is 4.77. The van der Waals surface area contributed by atoms with Crippen molar-refractivity contribution in [3.63, 3.8) is 0 Å². The summed E-state index contributed by atoms with van der Waals surface area (Å²) in [6.07, 6.45) is 4.93. The molecule has 0 bridgehead atoms. The fraction of sp³-hybridized carbons (Fsp3) is 0.833. The average Bonchev–Trinajstić information content (AvgIpc) is 2.78. The molecule has 1 aromatic heterocycles. The highest BCUT2D eigenvalue weighted by molar-refractivity contribution is 7.89. The summed E-state index contributed by atoms with van der Waals surface area (Å²) in [5, 5.41) is 13.4. The van der Waals surface area contributed by atoms with Crippen LogP contribution in [0.5, 0.6) is 0 Å². The van der Waals surface area contributed by atoms with Crippen molar-refractivity contribution in [3.8, 4) is 0 Å². The number of nitrogens with zero attached hydrogens (tertiary/aromatic N) is 4. The number of rotatable bonds is 5. The predicted octanol–water partition coefficient (Wildman–Crippen LogP) is 0.502. The minimum Gasteiger partial charge on any atom is -0.293 e. The lowest BCUT2D eigenvalue weighted by atomic mass is 10.0. The average molecular weight is 301 g/mol. The first-order chi connectivity index (χ1) is 9.35. The maximum atomic E-state index is 11.3. The van der Waals surface area contributed by atoms with Crippen LogP contribution in [0.15, 0.2) is 6.20 Å². The van der Waals surface area contributed by atoms with Gasteiger partial charge < -0.3 is 0 Å². The third-order valence-electron chi connectivity index (χ3n) is 3.63. The molecule has 0 saturated carbocycles. The lowest BCUT2D eigenvalue weighted by Gasteiger charge is -2.34. The van der Waals surface area contributed by atoms with E-state index in [1.54, 1.807) is 0 Å². The molecule has 8 heteroatoms. The molecule has 20 heavy (non-hydrogen) atoms. The third kappa shape index (κ3) is 4.26. The van der Waals surface area contributed by atoms with Crippen molar-refractivity contribution in [1.82, 2.24) is 19.9 Å². The lowest BCUT2D eigenvalue weighted by molar-refractivity contribution is 0.152. The van der Waals surface area contributed by atoms with Gasteiger partial charge in [-0.1, -0.05) is 11.6 Å². The second-order valence-corrected chi connectivity index (χ2v) is 7.39. The molecule has 1 aromatic rings. The van der Waals surface area contributed by atoms with E-state index in [0.29, 0.717) is 6.54 Å². The minimum absolute atomic E-state index is 0.0112. The number of likely N-dealkylation sites (tertiary alicyclic amines) is 1. The Balaban J connectivity index is 2.04. The Morgan fingerprint density at radius 3 is 2.80 bits per heavy atom. The molecular weight excluding hydrogens is 278 g/mol. The van der Waals surface area contributed by atoms with Crippen LogP contribution in [-0.2, 0) is 16.6 Å². The van der Waals surface area contributed by atoms with Crippen LogP contribution >= 0.6 is 0 Å². The van der Waals surface area contributed by atoms with Gasteiger partial charge in [0.05, 0.1) is 17.6 Å². The topological polar surface area (TPSA) is 94.1 Å². The molecule has 2 rings (SSSR count). The highest BCUT2D eigenvalue weighted by atomic mass is 32.2. The molecule has 1 atom stereocenters. The molecule has 2 N–H and O–H groups in total. The second-order valence-electron chi connectivity index (χ2n) is 5.73. The zero-order chi connectivity index (χ0) is 14.8. The van der Waals surface area contributed by atoms with Crippen molar-refractivity contribution < 1.29 is 8.42 Å². The van der Waals surface area contributed by atoms with E-state index in [9.17, 15) is 8.42 Å². The zero-order valence-corrected chi connectivity index (χ0v) is 12.9. The van der Waals surface area contributed by atoms with E-state index in [0.717, 1.165) is 31.5 Å². The smallest absolute Gasteiger partial charge is 0.210 e. The maximum Gasteiger partial charge on any atom is 0.210 e. The van der Waals surface area contributed by atoms with Gasteiger partial charge in [-0.3, -0.25) is 4.90 Å².